The van der Waals surface area contributed by atoms with Crippen LogP contribution in [0.3, 0.4) is 0 Å². The van der Waals surface area contributed by atoms with Crippen LogP contribution in [0.4, 0.5) is 0 Å². The van der Waals surface area contributed by atoms with Crippen molar-refractivity contribution in [3.8, 4) is 0 Å². The van der Waals surface area contributed by atoms with E-state index in [0.717, 1.165) is 0 Å². The van der Waals surface area contributed by atoms with Crippen molar-refractivity contribution in [2.24, 2.45) is 17.8 Å². The van der Waals surface area contributed by atoms with Crippen LogP contribution in [-0.4, -0.2) is 66.2 Å². The molecule has 2 aliphatic heterocycles. The SMILES string of the molecule is CC(C)[C@H]1C(=O)O[C@@H]2CCN(C)C/C=C(/COC(=O)[C@](C)(O)[C@H]1C)C2=O. The molecule has 2 bridgehead atoms. The van der Waals surface area contributed by atoms with Crippen LogP contribution < -0.4 is 0 Å². The number of ether oxygens (including phenoxy) is 2. The number of likely N-dealkylation sites (N-methyl/N-ethyl adjacent to an activating group) is 1. The fraction of sp³-hybridized carbons (Fsp3) is 0.737. The first-order chi connectivity index (χ1) is 12.1. The van der Waals surface area contributed by atoms with Crippen molar-refractivity contribution < 1.29 is 29.0 Å². The molecule has 0 aliphatic carbocycles. The molecule has 0 aromatic rings. The number of hydrogen-bond donors (Lipinski definition) is 1. The molecule has 2 heterocycles. The van der Waals surface area contributed by atoms with E-state index in [2.05, 4.69) is 0 Å². The van der Waals surface area contributed by atoms with Crippen molar-refractivity contribution in [3.05, 3.63) is 11.6 Å². The van der Waals surface area contributed by atoms with E-state index in [4.69, 9.17) is 9.47 Å². The smallest absolute Gasteiger partial charge is 0.338 e. The Balaban J connectivity index is 2.47. The molecule has 7 heteroatoms. The highest BCUT2D eigenvalue weighted by Crippen LogP contribution is 2.33. The summed E-state index contributed by atoms with van der Waals surface area (Å²) >= 11 is 0. The summed E-state index contributed by atoms with van der Waals surface area (Å²) in [5.74, 6) is -3.39. The number of rotatable bonds is 1. The monoisotopic (exact) mass is 367 g/mol. The summed E-state index contributed by atoms with van der Waals surface area (Å²) in [5, 5.41) is 10.7. The summed E-state index contributed by atoms with van der Waals surface area (Å²) < 4.78 is 10.8. The van der Waals surface area contributed by atoms with Crippen LogP contribution in [-0.2, 0) is 23.9 Å². The summed E-state index contributed by atoms with van der Waals surface area (Å²) in [4.78, 5) is 40.1. The van der Waals surface area contributed by atoms with Crippen molar-refractivity contribution in [1.82, 2.24) is 4.90 Å². The van der Waals surface area contributed by atoms with Gasteiger partial charge in [-0.15, -0.1) is 0 Å². The van der Waals surface area contributed by atoms with E-state index in [1.54, 1.807) is 13.0 Å². The quantitative estimate of drug-likeness (QED) is 0.690. The lowest BCUT2D eigenvalue weighted by Gasteiger charge is -2.34. The van der Waals surface area contributed by atoms with E-state index in [1.165, 1.54) is 6.92 Å². The van der Waals surface area contributed by atoms with Crippen LogP contribution in [0.25, 0.3) is 0 Å². The average Bonchev–Trinajstić information content (AvgIpc) is 2.56. The second kappa shape index (κ2) is 7.88. The number of Topliss-reactive ketones (excluding diaryl/α,β-unsaturated/α-hetero) is 1. The van der Waals surface area contributed by atoms with Crippen LogP contribution in [0, 0.1) is 17.8 Å². The van der Waals surface area contributed by atoms with Crippen molar-refractivity contribution in [2.45, 2.75) is 45.8 Å². The number of carbonyl (C=O) groups is 3. The number of hydrogen-bond acceptors (Lipinski definition) is 7. The van der Waals surface area contributed by atoms with Gasteiger partial charge in [0, 0.05) is 31.0 Å². The summed E-state index contributed by atoms with van der Waals surface area (Å²) in [7, 11) is 1.90. The van der Waals surface area contributed by atoms with E-state index in [0.29, 0.717) is 19.5 Å². The van der Waals surface area contributed by atoms with E-state index in [1.807, 2.05) is 25.8 Å². The van der Waals surface area contributed by atoms with E-state index < -0.39 is 35.5 Å². The Labute approximate surface area is 154 Å². The number of aliphatic hydroxyl groups is 1. The molecule has 2 rings (SSSR count). The fourth-order valence-corrected chi connectivity index (χ4v) is 3.47. The molecule has 0 aromatic carbocycles. The fourth-order valence-electron chi connectivity index (χ4n) is 3.47. The number of cyclic esters (lactones) is 1. The number of nitrogens with zero attached hydrogens (tertiary/aromatic N) is 1. The van der Waals surface area contributed by atoms with Crippen molar-refractivity contribution >= 4 is 17.7 Å². The van der Waals surface area contributed by atoms with Crippen molar-refractivity contribution in [1.29, 1.82) is 0 Å². The molecule has 1 fully saturated rings. The lowest BCUT2D eigenvalue weighted by Crippen LogP contribution is -2.49. The van der Waals surface area contributed by atoms with Gasteiger partial charge in [-0.05, 0) is 19.9 Å². The lowest BCUT2D eigenvalue weighted by atomic mass is 9.75. The molecular weight excluding hydrogens is 338 g/mol. The summed E-state index contributed by atoms with van der Waals surface area (Å²) in [5.41, 5.74) is -1.58. The normalized spacial score (nSPS) is 37.0. The van der Waals surface area contributed by atoms with Crippen LogP contribution in [0.5, 0.6) is 0 Å². The molecule has 0 amide bonds. The van der Waals surface area contributed by atoms with Crippen LogP contribution >= 0.6 is 0 Å². The Bertz CT molecular complexity index is 609. The Morgan fingerprint density at radius 2 is 1.96 bits per heavy atom. The summed E-state index contributed by atoms with van der Waals surface area (Å²) in [6.45, 7) is 7.51. The van der Waals surface area contributed by atoms with Gasteiger partial charge in [-0.2, -0.15) is 0 Å². The number of carbonyl (C=O) groups excluding carboxylic acids is 3. The van der Waals surface area contributed by atoms with Gasteiger partial charge in [-0.25, -0.2) is 4.79 Å². The van der Waals surface area contributed by atoms with Gasteiger partial charge < -0.3 is 19.5 Å². The molecule has 1 N–H and O–H groups in total. The van der Waals surface area contributed by atoms with Gasteiger partial charge in [0.2, 0.25) is 5.78 Å². The lowest BCUT2D eigenvalue weighted by molar-refractivity contribution is -0.176. The Kier molecular flexibility index (Phi) is 6.24. The van der Waals surface area contributed by atoms with Crippen LogP contribution in [0.15, 0.2) is 11.6 Å². The van der Waals surface area contributed by atoms with Gasteiger partial charge in [-0.3, -0.25) is 9.59 Å². The maximum Gasteiger partial charge on any atom is 0.338 e. The zero-order valence-electron chi connectivity index (χ0n) is 16.2. The number of esters is 2. The minimum atomic E-state index is -1.86. The van der Waals surface area contributed by atoms with E-state index in [9.17, 15) is 19.5 Å². The second-order valence-electron chi connectivity index (χ2n) is 7.85. The Hall–Kier alpha value is -1.73. The highest BCUT2D eigenvalue weighted by Gasteiger charge is 2.47. The molecule has 4 atom stereocenters. The first-order valence-electron chi connectivity index (χ1n) is 9.07. The topological polar surface area (TPSA) is 93.1 Å². The van der Waals surface area contributed by atoms with Gasteiger partial charge >= 0.3 is 11.9 Å². The van der Waals surface area contributed by atoms with Crippen LogP contribution in [0.1, 0.15) is 34.1 Å². The van der Waals surface area contributed by atoms with E-state index in [-0.39, 0.29) is 23.9 Å². The van der Waals surface area contributed by atoms with Gasteiger partial charge in [0.15, 0.2) is 11.7 Å². The van der Waals surface area contributed by atoms with Gasteiger partial charge in [0.1, 0.15) is 6.61 Å². The molecule has 7 nitrogen and oxygen atoms in total. The van der Waals surface area contributed by atoms with Crippen molar-refractivity contribution in [3.63, 3.8) is 0 Å². The molecule has 1 saturated heterocycles. The highest BCUT2D eigenvalue weighted by molar-refractivity contribution is 6.00. The minimum absolute atomic E-state index is 0.182. The Morgan fingerprint density at radius 1 is 1.31 bits per heavy atom. The van der Waals surface area contributed by atoms with Gasteiger partial charge in [-0.1, -0.05) is 26.8 Å². The van der Waals surface area contributed by atoms with Gasteiger partial charge in [0.05, 0.1) is 5.92 Å². The van der Waals surface area contributed by atoms with Crippen LogP contribution in [0.2, 0.25) is 0 Å². The average molecular weight is 367 g/mol. The van der Waals surface area contributed by atoms with Gasteiger partial charge in [0.25, 0.3) is 0 Å². The molecule has 0 radical (unpaired) electrons. The molecule has 0 aromatic heterocycles. The largest absolute Gasteiger partial charge is 0.459 e. The molecular formula is C19H29NO6. The second-order valence-corrected chi connectivity index (χ2v) is 7.85. The third-order valence-electron chi connectivity index (χ3n) is 5.48. The molecule has 0 saturated carbocycles. The first-order valence-corrected chi connectivity index (χ1v) is 9.07. The summed E-state index contributed by atoms with van der Waals surface area (Å²) in [6.07, 6.45) is 1.15. The molecule has 0 unspecified atom stereocenters. The highest BCUT2D eigenvalue weighted by atomic mass is 16.6. The van der Waals surface area contributed by atoms with E-state index >= 15 is 0 Å². The molecule has 146 valence electrons. The third kappa shape index (κ3) is 4.15. The zero-order valence-corrected chi connectivity index (χ0v) is 16.2. The third-order valence-corrected chi connectivity index (χ3v) is 5.48. The molecule has 2 aliphatic rings. The number of ketones is 1. The molecule has 26 heavy (non-hydrogen) atoms. The summed E-state index contributed by atoms with van der Waals surface area (Å²) in [6, 6.07) is 0. The minimum Gasteiger partial charge on any atom is -0.459 e. The predicted molar refractivity (Wildman–Crippen MR) is 94.2 cm³/mol. The molecule has 0 spiro atoms. The van der Waals surface area contributed by atoms with Crippen molar-refractivity contribution in [2.75, 3.05) is 26.7 Å². The first kappa shape index (κ1) is 20.6. The standard InChI is InChI=1S/C19H29NO6/c1-11(2)15-12(3)19(4,24)18(23)25-10-13-6-8-20(5)9-7-14(16(13)21)26-17(15)22/h6,11-12,14-15,24H,7-10H2,1-5H3/b13-6-/t12-,14+,15+,19+/m0/s1. The zero-order chi connectivity index (χ0) is 19.6. The maximum atomic E-state index is 12.8. The maximum absolute atomic E-state index is 12.8. The number of fused-ring (bicyclic) bond motifs is 2. The Morgan fingerprint density at radius 3 is 2.58 bits per heavy atom. The predicted octanol–water partition coefficient (Wildman–Crippen LogP) is 0.945.